The Morgan fingerprint density at radius 2 is 1.75 bits per heavy atom. The van der Waals surface area contributed by atoms with Crippen LogP contribution in [-0.4, -0.2) is 46.5 Å². The maximum Gasteiger partial charge on any atom is 0.230 e. The molecule has 32 heavy (non-hydrogen) atoms. The lowest BCUT2D eigenvalue weighted by Crippen LogP contribution is -2.42. The van der Waals surface area contributed by atoms with E-state index >= 15 is 0 Å². The van der Waals surface area contributed by atoms with Gasteiger partial charge in [-0.2, -0.15) is 4.98 Å². The lowest BCUT2D eigenvalue weighted by Gasteiger charge is -2.32. The van der Waals surface area contributed by atoms with Gasteiger partial charge in [-0.15, -0.1) is 0 Å². The Bertz CT molecular complexity index is 1110. The van der Waals surface area contributed by atoms with E-state index in [1.165, 1.54) is 0 Å². The van der Waals surface area contributed by atoms with Crippen molar-refractivity contribution in [2.24, 2.45) is 5.92 Å². The monoisotopic (exact) mass is 450 g/mol. The molecule has 2 saturated heterocycles. The molecule has 5 rings (SSSR count). The Morgan fingerprint density at radius 1 is 1.03 bits per heavy atom. The van der Waals surface area contributed by atoms with Crippen molar-refractivity contribution >= 4 is 29.1 Å². The van der Waals surface area contributed by atoms with Gasteiger partial charge in [-0.25, -0.2) is 0 Å². The van der Waals surface area contributed by atoms with E-state index in [-0.39, 0.29) is 30.1 Å². The molecule has 0 saturated carbocycles. The molecule has 0 bridgehead atoms. The topological polar surface area (TPSA) is 79.5 Å². The number of likely N-dealkylation sites (tertiary alicyclic amines) is 1. The average molecular weight is 451 g/mol. The number of hydrogen-bond acceptors (Lipinski definition) is 5. The fourth-order valence-corrected chi connectivity index (χ4v) is 4.58. The predicted octanol–water partition coefficient (Wildman–Crippen LogP) is 4.15. The maximum absolute atomic E-state index is 13.1. The second-order valence-electron chi connectivity index (χ2n) is 8.30. The molecule has 2 aliphatic heterocycles. The Labute approximate surface area is 191 Å². The number of amides is 2. The van der Waals surface area contributed by atoms with E-state index in [1.807, 2.05) is 47.4 Å². The smallest absolute Gasteiger partial charge is 0.230 e. The van der Waals surface area contributed by atoms with E-state index in [0.29, 0.717) is 36.4 Å². The molecular weight excluding hydrogens is 428 g/mol. The van der Waals surface area contributed by atoms with Crippen molar-refractivity contribution in [2.75, 3.05) is 24.5 Å². The number of benzene rings is 2. The van der Waals surface area contributed by atoms with E-state index in [9.17, 15) is 9.59 Å². The van der Waals surface area contributed by atoms with E-state index in [0.717, 1.165) is 24.1 Å². The Kier molecular flexibility index (Phi) is 5.66. The summed E-state index contributed by atoms with van der Waals surface area (Å²) in [6.45, 7) is 1.69. The summed E-state index contributed by atoms with van der Waals surface area (Å²) in [5.41, 5.74) is 1.70. The minimum atomic E-state index is -0.292. The van der Waals surface area contributed by atoms with Crippen LogP contribution in [0.5, 0.6) is 0 Å². The van der Waals surface area contributed by atoms with Crippen LogP contribution >= 0.6 is 11.6 Å². The van der Waals surface area contributed by atoms with Crippen LogP contribution in [0, 0.1) is 5.92 Å². The highest BCUT2D eigenvalue weighted by molar-refractivity contribution is 6.30. The van der Waals surface area contributed by atoms with Crippen LogP contribution in [0.25, 0.3) is 11.4 Å². The van der Waals surface area contributed by atoms with Gasteiger partial charge < -0.3 is 14.3 Å². The lowest BCUT2D eigenvalue weighted by atomic mass is 9.95. The standard InChI is InChI=1S/C24H23ClN4O3/c25-19-8-6-16(7-9-19)22-26-23(32-27-22)17-10-12-28(13-11-17)24(31)18-14-21(30)29(15-18)20-4-2-1-3-5-20/h1-9,17-18H,10-15H2/t18-/m0/s1. The number of para-hydroxylation sites is 1. The normalized spacial score (nSPS) is 19.5. The Balaban J connectivity index is 1.19. The Hall–Kier alpha value is -3.19. The SMILES string of the molecule is O=C([C@H]1CC(=O)N(c2ccccc2)C1)N1CCC(c2nc(-c3ccc(Cl)cc3)no2)CC1. The fourth-order valence-electron chi connectivity index (χ4n) is 4.45. The third kappa shape index (κ3) is 4.12. The zero-order chi connectivity index (χ0) is 22.1. The highest BCUT2D eigenvalue weighted by atomic mass is 35.5. The zero-order valence-electron chi connectivity index (χ0n) is 17.5. The molecule has 0 radical (unpaired) electrons. The molecule has 8 heteroatoms. The van der Waals surface area contributed by atoms with Gasteiger partial charge in [0, 0.05) is 48.2 Å². The summed E-state index contributed by atoms with van der Waals surface area (Å²) in [6, 6.07) is 16.8. The number of carbonyl (C=O) groups excluding carboxylic acids is 2. The van der Waals surface area contributed by atoms with Gasteiger partial charge in [0.1, 0.15) is 0 Å². The summed E-state index contributed by atoms with van der Waals surface area (Å²) in [7, 11) is 0. The molecule has 2 aromatic carbocycles. The van der Waals surface area contributed by atoms with Crippen LogP contribution in [0.4, 0.5) is 5.69 Å². The van der Waals surface area contributed by atoms with Crippen LogP contribution in [-0.2, 0) is 9.59 Å². The first-order valence-electron chi connectivity index (χ1n) is 10.8. The van der Waals surface area contributed by atoms with E-state index in [1.54, 1.807) is 17.0 Å². The first kappa shape index (κ1) is 20.7. The molecule has 2 fully saturated rings. The summed E-state index contributed by atoms with van der Waals surface area (Å²) in [5, 5.41) is 4.76. The molecule has 3 heterocycles. The van der Waals surface area contributed by atoms with Crippen molar-refractivity contribution < 1.29 is 14.1 Å². The molecule has 7 nitrogen and oxygen atoms in total. The fraction of sp³-hybridized carbons (Fsp3) is 0.333. The van der Waals surface area contributed by atoms with Crippen LogP contribution in [0.2, 0.25) is 5.02 Å². The van der Waals surface area contributed by atoms with Crippen molar-refractivity contribution in [3.63, 3.8) is 0 Å². The molecule has 164 valence electrons. The van der Waals surface area contributed by atoms with Crippen LogP contribution in [0.15, 0.2) is 59.1 Å². The summed E-state index contributed by atoms with van der Waals surface area (Å²) < 4.78 is 5.51. The Morgan fingerprint density at radius 3 is 2.47 bits per heavy atom. The first-order chi connectivity index (χ1) is 15.6. The van der Waals surface area contributed by atoms with E-state index < -0.39 is 0 Å². The first-order valence-corrected chi connectivity index (χ1v) is 11.2. The van der Waals surface area contributed by atoms with Crippen molar-refractivity contribution in [3.05, 3.63) is 65.5 Å². The number of piperidine rings is 1. The minimum Gasteiger partial charge on any atom is -0.342 e. The summed E-state index contributed by atoms with van der Waals surface area (Å²) in [4.78, 5) is 33.7. The quantitative estimate of drug-likeness (QED) is 0.596. The highest BCUT2D eigenvalue weighted by Gasteiger charge is 2.38. The summed E-state index contributed by atoms with van der Waals surface area (Å²) in [5.74, 6) is 1.04. The number of halogens is 1. The molecule has 2 aliphatic rings. The van der Waals surface area contributed by atoms with Gasteiger partial charge in [0.25, 0.3) is 0 Å². The maximum atomic E-state index is 13.1. The largest absolute Gasteiger partial charge is 0.342 e. The van der Waals surface area contributed by atoms with Crippen molar-refractivity contribution in [2.45, 2.75) is 25.2 Å². The second kappa shape index (κ2) is 8.74. The van der Waals surface area contributed by atoms with E-state index in [2.05, 4.69) is 10.1 Å². The molecule has 1 aromatic heterocycles. The van der Waals surface area contributed by atoms with Crippen LogP contribution in [0.1, 0.15) is 31.1 Å². The van der Waals surface area contributed by atoms with Crippen molar-refractivity contribution in [1.29, 1.82) is 0 Å². The van der Waals surface area contributed by atoms with Crippen LogP contribution < -0.4 is 4.90 Å². The second-order valence-corrected chi connectivity index (χ2v) is 8.74. The summed E-state index contributed by atoms with van der Waals surface area (Å²) in [6.07, 6.45) is 1.79. The van der Waals surface area contributed by atoms with Gasteiger partial charge in [-0.05, 0) is 49.2 Å². The number of aromatic nitrogens is 2. The van der Waals surface area contributed by atoms with Crippen molar-refractivity contribution in [3.8, 4) is 11.4 Å². The molecule has 0 aliphatic carbocycles. The number of carbonyl (C=O) groups is 2. The molecule has 2 amide bonds. The lowest BCUT2D eigenvalue weighted by molar-refractivity contribution is -0.136. The molecule has 0 unspecified atom stereocenters. The average Bonchev–Trinajstić information content (AvgIpc) is 3.47. The van der Waals surface area contributed by atoms with Gasteiger partial charge in [0.2, 0.25) is 23.5 Å². The number of anilines is 1. The number of hydrogen-bond donors (Lipinski definition) is 0. The summed E-state index contributed by atoms with van der Waals surface area (Å²) >= 11 is 5.94. The van der Waals surface area contributed by atoms with Crippen molar-refractivity contribution in [1.82, 2.24) is 15.0 Å². The molecule has 1 atom stereocenters. The predicted molar refractivity (Wildman–Crippen MR) is 120 cm³/mol. The zero-order valence-corrected chi connectivity index (χ0v) is 18.2. The minimum absolute atomic E-state index is 0.00465. The van der Waals surface area contributed by atoms with Gasteiger partial charge in [-0.3, -0.25) is 9.59 Å². The van der Waals surface area contributed by atoms with Gasteiger partial charge in [-0.1, -0.05) is 35.0 Å². The van der Waals surface area contributed by atoms with Crippen LogP contribution in [0.3, 0.4) is 0 Å². The molecule has 0 spiro atoms. The molecule has 0 N–H and O–H groups in total. The number of nitrogens with zero attached hydrogens (tertiary/aromatic N) is 4. The van der Waals surface area contributed by atoms with Gasteiger partial charge in [0.05, 0.1) is 5.92 Å². The van der Waals surface area contributed by atoms with Gasteiger partial charge in [0.15, 0.2) is 0 Å². The van der Waals surface area contributed by atoms with Gasteiger partial charge >= 0.3 is 0 Å². The molecule has 3 aromatic rings. The highest BCUT2D eigenvalue weighted by Crippen LogP contribution is 2.31. The third-order valence-corrected chi connectivity index (χ3v) is 6.49. The number of rotatable bonds is 4. The van der Waals surface area contributed by atoms with E-state index in [4.69, 9.17) is 16.1 Å². The molecular formula is C24H23ClN4O3. The third-order valence-electron chi connectivity index (χ3n) is 6.24.